The van der Waals surface area contributed by atoms with Gasteiger partial charge >= 0.3 is 6.03 Å². The van der Waals surface area contributed by atoms with Gasteiger partial charge < -0.3 is 20.9 Å². The van der Waals surface area contributed by atoms with Crippen molar-refractivity contribution < 1.29 is 18.8 Å². The molecule has 3 N–H and O–H groups in total. The molecule has 0 radical (unpaired) electrons. The predicted octanol–water partition coefficient (Wildman–Crippen LogP) is 2.80. The van der Waals surface area contributed by atoms with E-state index in [0.29, 0.717) is 17.2 Å². The van der Waals surface area contributed by atoms with Gasteiger partial charge in [-0.2, -0.15) is 5.01 Å². The number of hydrazine groups is 1. The minimum Gasteiger partial charge on any atom is -0.375 e. The lowest BCUT2D eigenvalue weighted by Crippen LogP contribution is -2.66. The van der Waals surface area contributed by atoms with Gasteiger partial charge in [0.2, 0.25) is 11.8 Å². The molecule has 4 amide bonds. The minimum absolute atomic E-state index is 0.0381. The Morgan fingerprint density at radius 1 is 1.27 bits per heavy atom. The van der Waals surface area contributed by atoms with Gasteiger partial charge in [-0.15, -0.1) is 6.42 Å². The molecule has 10 nitrogen and oxygen atoms in total. The lowest BCUT2D eigenvalue weighted by atomic mass is 10.00. The quantitative estimate of drug-likeness (QED) is 0.299. The molecular formula is C29H32FN7O3S. The lowest BCUT2D eigenvalue weighted by molar-refractivity contribution is -0.157. The number of hydrogen-bond donors (Lipinski definition) is 2. The van der Waals surface area contributed by atoms with Crippen LogP contribution in [0.25, 0.3) is 10.2 Å². The van der Waals surface area contributed by atoms with Crippen LogP contribution in [0, 0.1) is 18.2 Å². The number of para-hydroxylation sites is 1. The van der Waals surface area contributed by atoms with Crippen LogP contribution in [0.5, 0.6) is 0 Å². The van der Waals surface area contributed by atoms with E-state index in [9.17, 15) is 18.8 Å². The van der Waals surface area contributed by atoms with Crippen LogP contribution in [-0.2, 0) is 22.6 Å². The maximum absolute atomic E-state index is 14.0. The van der Waals surface area contributed by atoms with E-state index in [1.54, 1.807) is 26.9 Å². The monoisotopic (exact) mass is 577 g/mol. The topological polar surface area (TPSA) is 115 Å². The first kappa shape index (κ1) is 28.3. The molecule has 3 heterocycles. The molecule has 41 heavy (non-hydrogen) atoms. The number of unbranched alkanes of at least 4 members (excludes halogenated alkanes) is 1. The summed E-state index contributed by atoms with van der Waals surface area (Å²) in [5, 5.41) is 6.35. The number of thiazole rings is 1. The molecule has 2 atom stereocenters. The molecule has 3 aromatic rings. The Morgan fingerprint density at radius 3 is 2.78 bits per heavy atom. The lowest BCUT2D eigenvalue weighted by Gasteiger charge is -2.46. The summed E-state index contributed by atoms with van der Waals surface area (Å²) in [5.74, 6) is 1.61. The fourth-order valence-corrected chi connectivity index (χ4v) is 6.20. The fourth-order valence-electron chi connectivity index (χ4n) is 5.42. The van der Waals surface area contributed by atoms with Gasteiger partial charge in [-0.25, -0.2) is 19.2 Å². The molecule has 2 aliphatic rings. The number of aromatic nitrogens is 1. The Bertz CT molecular complexity index is 1490. The van der Waals surface area contributed by atoms with Crippen LogP contribution >= 0.6 is 11.3 Å². The number of benzene rings is 2. The number of carbonyl (C=O) groups excluding carboxylic acids is 3. The third kappa shape index (κ3) is 5.82. The third-order valence-electron chi connectivity index (χ3n) is 7.38. The average Bonchev–Trinajstić information content (AvgIpc) is 3.49. The van der Waals surface area contributed by atoms with E-state index < -0.39 is 18.2 Å². The summed E-state index contributed by atoms with van der Waals surface area (Å²) >= 11 is 1.37. The van der Waals surface area contributed by atoms with E-state index in [1.165, 1.54) is 28.5 Å². The number of nitrogens with one attached hydrogen (secondary N) is 1. The highest BCUT2D eigenvalue weighted by Crippen LogP contribution is 2.32. The first-order chi connectivity index (χ1) is 19.8. The van der Waals surface area contributed by atoms with E-state index in [2.05, 4.69) is 16.2 Å². The molecule has 2 aliphatic heterocycles. The number of urea groups is 1. The highest BCUT2D eigenvalue weighted by Gasteiger charge is 2.52. The maximum Gasteiger partial charge on any atom is 0.332 e. The summed E-state index contributed by atoms with van der Waals surface area (Å²) in [6.07, 6.45) is 6.91. The van der Waals surface area contributed by atoms with Crippen LogP contribution in [0.15, 0.2) is 42.5 Å². The van der Waals surface area contributed by atoms with Crippen LogP contribution in [-0.4, -0.2) is 81.0 Å². The summed E-state index contributed by atoms with van der Waals surface area (Å²) in [4.78, 5) is 48.4. The van der Waals surface area contributed by atoms with Gasteiger partial charge in [0.1, 0.15) is 18.0 Å². The van der Waals surface area contributed by atoms with Crippen molar-refractivity contribution in [3.8, 4) is 12.3 Å². The number of anilines is 1. The zero-order valence-electron chi connectivity index (χ0n) is 22.8. The summed E-state index contributed by atoms with van der Waals surface area (Å²) in [7, 11) is 0. The molecule has 0 spiro atoms. The zero-order chi connectivity index (χ0) is 29.1. The number of rotatable bonds is 9. The van der Waals surface area contributed by atoms with Gasteiger partial charge in [-0.05, 0) is 35.7 Å². The second-order valence-electron chi connectivity index (χ2n) is 10.1. The van der Waals surface area contributed by atoms with Crippen LogP contribution in [0.1, 0.15) is 30.9 Å². The molecule has 1 aromatic heterocycles. The third-order valence-corrected chi connectivity index (χ3v) is 8.23. The van der Waals surface area contributed by atoms with Crippen molar-refractivity contribution in [3.63, 3.8) is 0 Å². The van der Waals surface area contributed by atoms with Crippen molar-refractivity contribution in [2.45, 2.75) is 44.9 Å². The normalized spacial score (nSPS) is 19.0. The summed E-state index contributed by atoms with van der Waals surface area (Å²) in [5.41, 5.74) is 8.23. The van der Waals surface area contributed by atoms with Crippen molar-refractivity contribution >= 4 is 44.5 Å². The number of fused-ring (bicyclic) bond motifs is 2. The highest BCUT2D eigenvalue weighted by atomic mass is 32.1. The first-order valence-electron chi connectivity index (χ1n) is 13.5. The van der Waals surface area contributed by atoms with Gasteiger partial charge in [0, 0.05) is 19.5 Å². The summed E-state index contributed by atoms with van der Waals surface area (Å²) in [6.45, 7) is 2.76. The molecule has 0 bridgehead atoms. The Kier molecular flexibility index (Phi) is 8.37. The second kappa shape index (κ2) is 12.1. The van der Waals surface area contributed by atoms with Gasteiger partial charge in [-0.1, -0.05) is 54.9 Å². The van der Waals surface area contributed by atoms with Crippen molar-refractivity contribution in [2.24, 2.45) is 0 Å². The largest absolute Gasteiger partial charge is 0.375 e. The van der Waals surface area contributed by atoms with Gasteiger partial charge in [0.25, 0.3) is 0 Å². The Labute approximate surface area is 241 Å². The van der Waals surface area contributed by atoms with E-state index >= 15 is 0 Å². The number of amides is 4. The molecule has 2 saturated heterocycles. The Hall–Kier alpha value is -4.21. The number of nitrogens with zero attached hydrogens (tertiary/aromatic N) is 5. The molecule has 0 aliphatic carbocycles. The molecule has 2 aromatic carbocycles. The summed E-state index contributed by atoms with van der Waals surface area (Å²) < 4.78 is 14.5. The Morgan fingerprint density at radius 2 is 2.05 bits per heavy atom. The van der Waals surface area contributed by atoms with Crippen LogP contribution < -0.4 is 11.1 Å². The number of nitrogen functional groups attached to an aromatic ring is 1. The Balaban J connectivity index is 1.49. The van der Waals surface area contributed by atoms with Gasteiger partial charge in [0.05, 0.1) is 29.9 Å². The summed E-state index contributed by atoms with van der Waals surface area (Å²) in [6, 6.07) is 10.4. The number of piperazine rings is 1. The van der Waals surface area contributed by atoms with Crippen molar-refractivity contribution in [1.82, 2.24) is 30.1 Å². The van der Waals surface area contributed by atoms with E-state index in [1.807, 2.05) is 25.1 Å². The maximum atomic E-state index is 14.0. The highest BCUT2D eigenvalue weighted by molar-refractivity contribution is 7.22. The molecule has 214 valence electrons. The second-order valence-corrected chi connectivity index (χ2v) is 11.2. The molecule has 12 heteroatoms. The van der Waals surface area contributed by atoms with Crippen molar-refractivity contribution in [3.05, 3.63) is 59.4 Å². The fraction of sp³-hybridized carbons (Fsp3) is 0.379. The number of halogens is 1. The van der Waals surface area contributed by atoms with Crippen LogP contribution in [0.2, 0.25) is 0 Å². The van der Waals surface area contributed by atoms with Crippen molar-refractivity contribution in [1.29, 1.82) is 0 Å². The number of nitrogens with two attached hydrogens (primary N) is 1. The molecule has 5 rings (SSSR count). The van der Waals surface area contributed by atoms with E-state index in [4.69, 9.17) is 12.2 Å². The predicted molar refractivity (Wildman–Crippen MR) is 155 cm³/mol. The van der Waals surface area contributed by atoms with Gasteiger partial charge in [0.15, 0.2) is 5.13 Å². The molecular weight excluding hydrogens is 545 g/mol. The standard InChI is InChI=1S/C29H32FN7O3S/c1-3-5-13-32-29(40)35(14-4-2)36-18-25(38)37-22(15-19-9-11-21(30)12-10-19)27(39)34(17-24(36)37)16-20-7-6-8-23-26(20)33-28(31)41-23/h2,6-12,22,24H,3,5,13-18H2,1H3,(H2,31,33)(H,32,40)/t22-,24+/m0/s1. The van der Waals surface area contributed by atoms with E-state index in [-0.39, 0.29) is 50.2 Å². The van der Waals surface area contributed by atoms with Crippen molar-refractivity contribution in [2.75, 3.05) is 31.9 Å². The number of carbonyl (C=O) groups is 3. The molecule has 2 fully saturated rings. The SMILES string of the molecule is C#CCN(C(=O)NCCCC)N1CC(=O)N2[C@@H](Cc3ccc(F)cc3)C(=O)N(Cc3cccc4sc(N)nc34)C[C@@H]21. The van der Waals surface area contributed by atoms with E-state index in [0.717, 1.165) is 28.6 Å². The smallest absolute Gasteiger partial charge is 0.332 e. The van der Waals surface area contributed by atoms with Crippen LogP contribution in [0.3, 0.4) is 0 Å². The first-order valence-corrected chi connectivity index (χ1v) is 14.4. The minimum atomic E-state index is -0.854. The molecule has 0 unspecified atom stereocenters. The van der Waals surface area contributed by atoms with Gasteiger partial charge in [-0.3, -0.25) is 9.59 Å². The average molecular weight is 578 g/mol. The van der Waals surface area contributed by atoms with Crippen LogP contribution in [0.4, 0.5) is 14.3 Å². The number of terminal acetylenes is 1. The molecule has 0 saturated carbocycles. The number of hydrogen-bond acceptors (Lipinski definition) is 7. The zero-order valence-corrected chi connectivity index (χ0v) is 23.6.